The molecule has 4 heteroatoms. The normalized spacial score (nSPS) is 28.8. The van der Waals surface area contributed by atoms with Gasteiger partial charge in [0, 0.05) is 0 Å². The first-order chi connectivity index (χ1) is 9.24. The smallest absolute Gasteiger partial charge is 0.310 e. The Morgan fingerprint density at radius 1 is 1.26 bits per heavy atom. The van der Waals surface area contributed by atoms with E-state index in [9.17, 15) is 9.59 Å². The van der Waals surface area contributed by atoms with E-state index in [1.54, 1.807) is 0 Å². The zero-order chi connectivity index (χ0) is 13.2. The van der Waals surface area contributed by atoms with E-state index < -0.39 is 0 Å². The molecule has 3 atom stereocenters. The zero-order valence-corrected chi connectivity index (χ0v) is 10.6. The van der Waals surface area contributed by atoms with E-state index in [-0.39, 0.29) is 36.5 Å². The number of rotatable bonds is 3. The highest BCUT2D eigenvalue weighted by atomic mass is 16.6. The predicted octanol–water partition coefficient (Wildman–Crippen LogP) is 2.07. The Bertz CT molecular complexity index is 482. The van der Waals surface area contributed by atoms with Crippen LogP contribution in [0.4, 0.5) is 0 Å². The van der Waals surface area contributed by atoms with Gasteiger partial charge in [0.1, 0.15) is 12.7 Å². The second kappa shape index (κ2) is 5.03. The molecule has 0 radical (unpaired) electrons. The maximum Gasteiger partial charge on any atom is 0.310 e. The van der Waals surface area contributed by atoms with Gasteiger partial charge in [-0.3, -0.25) is 9.59 Å². The Kier molecular flexibility index (Phi) is 3.23. The van der Waals surface area contributed by atoms with Crippen molar-refractivity contribution in [2.45, 2.75) is 32.0 Å². The average molecular weight is 260 g/mol. The number of fused-ring (bicyclic) bond motifs is 2. The van der Waals surface area contributed by atoms with Crippen LogP contribution >= 0.6 is 0 Å². The van der Waals surface area contributed by atoms with Gasteiger partial charge in [0.05, 0.1) is 11.8 Å². The lowest BCUT2D eigenvalue weighted by molar-refractivity contribution is -0.156. The molecule has 2 aliphatic rings. The number of hydrogen-bond acceptors (Lipinski definition) is 4. The third-order valence-electron chi connectivity index (χ3n) is 3.91. The maximum atomic E-state index is 12.1. The van der Waals surface area contributed by atoms with Gasteiger partial charge in [0.2, 0.25) is 0 Å². The van der Waals surface area contributed by atoms with Gasteiger partial charge in [0.15, 0.2) is 0 Å². The summed E-state index contributed by atoms with van der Waals surface area (Å²) in [6.07, 6.45) is 2.15. The minimum atomic E-state index is -0.324. The molecule has 1 saturated heterocycles. The summed E-state index contributed by atoms with van der Waals surface area (Å²) in [5.41, 5.74) is 0.957. The summed E-state index contributed by atoms with van der Waals surface area (Å²) in [6, 6.07) is 9.55. The Hall–Kier alpha value is -1.84. The van der Waals surface area contributed by atoms with E-state index in [0.717, 1.165) is 12.0 Å². The topological polar surface area (TPSA) is 52.6 Å². The maximum absolute atomic E-state index is 12.1. The zero-order valence-electron chi connectivity index (χ0n) is 10.6. The van der Waals surface area contributed by atoms with Crippen LogP contribution in [-0.4, -0.2) is 18.0 Å². The third-order valence-corrected chi connectivity index (χ3v) is 3.91. The molecule has 1 aromatic rings. The van der Waals surface area contributed by atoms with Crippen molar-refractivity contribution >= 4 is 11.9 Å². The number of hydrogen-bond donors (Lipinski definition) is 0. The Balaban J connectivity index is 1.60. The van der Waals surface area contributed by atoms with Gasteiger partial charge >= 0.3 is 11.9 Å². The lowest BCUT2D eigenvalue weighted by Crippen LogP contribution is -2.31. The summed E-state index contributed by atoms with van der Waals surface area (Å²) in [4.78, 5) is 23.7. The molecule has 4 nitrogen and oxygen atoms in total. The summed E-state index contributed by atoms with van der Waals surface area (Å²) < 4.78 is 10.5. The molecule has 19 heavy (non-hydrogen) atoms. The second-order valence-electron chi connectivity index (χ2n) is 5.18. The highest BCUT2D eigenvalue weighted by Gasteiger charge is 2.47. The number of benzene rings is 1. The van der Waals surface area contributed by atoms with Gasteiger partial charge < -0.3 is 9.47 Å². The van der Waals surface area contributed by atoms with Crippen LogP contribution in [0.25, 0.3) is 0 Å². The van der Waals surface area contributed by atoms with Crippen LogP contribution in [0.15, 0.2) is 30.3 Å². The summed E-state index contributed by atoms with van der Waals surface area (Å²) in [6.45, 7) is 0.265. The lowest BCUT2D eigenvalue weighted by Gasteiger charge is -2.23. The van der Waals surface area contributed by atoms with E-state index in [1.165, 1.54) is 0 Å². The molecule has 1 aromatic carbocycles. The second-order valence-corrected chi connectivity index (χ2v) is 5.18. The van der Waals surface area contributed by atoms with Gasteiger partial charge in [-0.15, -0.1) is 0 Å². The van der Waals surface area contributed by atoms with Crippen LogP contribution in [0.2, 0.25) is 0 Å². The van der Waals surface area contributed by atoms with E-state index >= 15 is 0 Å². The molecular formula is C15H16O4. The minimum Gasteiger partial charge on any atom is -0.462 e. The standard InChI is InChI=1S/C15H16O4/c16-14(18-9-10-4-2-1-3-5-10)12-7-6-11-8-13(12)15(17)19-11/h1-5,11-13H,6-9H2/t11-,12-,13+/m0/s1. The number of carbonyl (C=O) groups is 2. The van der Waals surface area contributed by atoms with Crippen molar-refractivity contribution in [3.63, 3.8) is 0 Å². The van der Waals surface area contributed by atoms with E-state index in [1.807, 2.05) is 30.3 Å². The van der Waals surface area contributed by atoms with Gasteiger partial charge in [-0.25, -0.2) is 0 Å². The molecule has 2 bridgehead atoms. The Labute approximate surface area is 111 Å². The number of carbonyl (C=O) groups excluding carboxylic acids is 2. The lowest BCUT2D eigenvalue weighted by atomic mass is 9.80. The highest BCUT2D eigenvalue weighted by molar-refractivity contribution is 5.83. The van der Waals surface area contributed by atoms with Crippen LogP contribution in [-0.2, 0) is 25.7 Å². The molecular weight excluding hydrogens is 244 g/mol. The van der Waals surface area contributed by atoms with Crippen molar-refractivity contribution in [3.05, 3.63) is 35.9 Å². The molecule has 1 saturated carbocycles. The van der Waals surface area contributed by atoms with Crippen molar-refractivity contribution in [2.75, 3.05) is 0 Å². The predicted molar refractivity (Wildman–Crippen MR) is 66.9 cm³/mol. The monoisotopic (exact) mass is 260 g/mol. The molecule has 100 valence electrons. The molecule has 1 heterocycles. The third kappa shape index (κ3) is 2.48. The van der Waals surface area contributed by atoms with E-state index in [2.05, 4.69) is 0 Å². The van der Waals surface area contributed by atoms with Crippen LogP contribution < -0.4 is 0 Å². The summed E-state index contributed by atoms with van der Waals surface area (Å²) in [5.74, 6) is -1.12. The summed E-state index contributed by atoms with van der Waals surface area (Å²) in [5, 5.41) is 0. The fourth-order valence-corrected chi connectivity index (χ4v) is 2.87. The van der Waals surface area contributed by atoms with Crippen LogP contribution in [0, 0.1) is 11.8 Å². The quantitative estimate of drug-likeness (QED) is 0.781. The van der Waals surface area contributed by atoms with Gasteiger partial charge in [-0.1, -0.05) is 30.3 Å². The molecule has 2 fully saturated rings. The molecule has 0 unspecified atom stereocenters. The van der Waals surface area contributed by atoms with Gasteiger partial charge in [-0.05, 0) is 24.8 Å². The van der Waals surface area contributed by atoms with Crippen LogP contribution in [0.1, 0.15) is 24.8 Å². The van der Waals surface area contributed by atoms with E-state index in [4.69, 9.17) is 9.47 Å². The summed E-state index contributed by atoms with van der Waals surface area (Å²) in [7, 11) is 0. The molecule has 0 amide bonds. The molecule has 0 spiro atoms. The first kappa shape index (κ1) is 12.2. The number of esters is 2. The van der Waals surface area contributed by atoms with Crippen molar-refractivity contribution < 1.29 is 19.1 Å². The largest absolute Gasteiger partial charge is 0.462 e. The van der Waals surface area contributed by atoms with Gasteiger partial charge in [-0.2, -0.15) is 0 Å². The summed E-state index contributed by atoms with van der Waals surface area (Å²) >= 11 is 0. The van der Waals surface area contributed by atoms with E-state index in [0.29, 0.717) is 12.8 Å². The van der Waals surface area contributed by atoms with Crippen LogP contribution in [0.3, 0.4) is 0 Å². The van der Waals surface area contributed by atoms with Crippen molar-refractivity contribution in [2.24, 2.45) is 11.8 Å². The Morgan fingerprint density at radius 3 is 2.84 bits per heavy atom. The molecule has 3 rings (SSSR count). The minimum absolute atomic E-state index is 0.0238. The number of ether oxygens (including phenoxy) is 2. The molecule has 0 N–H and O–H groups in total. The SMILES string of the molecule is O=C(OCc1ccccc1)[C@H]1CC[C@H]2C[C@H]1C(=O)O2. The molecule has 1 aliphatic heterocycles. The molecule has 1 aliphatic carbocycles. The van der Waals surface area contributed by atoms with Crippen molar-refractivity contribution in [1.82, 2.24) is 0 Å². The fourth-order valence-electron chi connectivity index (χ4n) is 2.87. The molecule has 0 aromatic heterocycles. The van der Waals surface area contributed by atoms with Crippen molar-refractivity contribution in [3.8, 4) is 0 Å². The Morgan fingerprint density at radius 2 is 2.05 bits per heavy atom. The first-order valence-electron chi connectivity index (χ1n) is 6.65. The van der Waals surface area contributed by atoms with Crippen molar-refractivity contribution in [1.29, 1.82) is 0 Å². The fraction of sp³-hybridized carbons (Fsp3) is 0.467. The average Bonchev–Trinajstić information content (AvgIpc) is 2.73. The highest BCUT2D eigenvalue weighted by Crippen LogP contribution is 2.39. The van der Waals surface area contributed by atoms with Crippen LogP contribution in [0.5, 0.6) is 0 Å². The first-order valence-corrected chi connectivity index (χ1v) is 6.65. The van der Waals surface area contributed by atoms with Gasteiger partial charge in [0.25, 0.3) is 0 Å².